The molecule has 0 unspecified atom stereocenters. The second-order valence-electron chi connectivity index (χ2n) is 4.57. The summed E-state index contributed by atoms with van der Waals surface area (Å²) in [5.41, 5.74) is 0.736. The molecule has 3 aromatic rings. The fourth-order valence-electron chi connectivity index (χ4n) is 2.16. The number of carbonyl (C=O) groups excluding carboxylic acids is 1. The van der Waals surface area contributed by atoms with Crippen molar-refractivity contribution in [3.8, 4) is 11.3 Å². The third-order valence-corrected chi connectivity index (χ3v) is 3.54. The zero-order valence-corrected chi connectivity index (χ0v) is 12.4. The van der Waals surface area contributed by atoms with Crippen molar-refractivity contribution in [3.05, 3.63) is 59.4 Å². The lowest BCUT2D eigenvalue weighted by Crippen LogP contribution is -2.23. The van der Waals surface area contributed by atoms with Crippen LogP contribution in [0, 0.1) is 0 Å². The van der Waals surface area contributed by atoms with Crippen molar-refractivity contribution in [2.24, 2.45) is 0 Å². The van der Waals surface area contributed by atoms with Gasteiger partial charge >= 0.3 is 5.38 Å². The van der Waals surface area contributed by atoms with Gasteiger partial charge in [-0.05, 0) is 35.9 Å². The van der Waals surface area contributed by atoms with Gasteiger partial charge in [-0.3, -0.25) is 9.20 Å². The molecule has 0 aliphatic rings. The maximum Gasteiger partial charge on any atom is 0.386 e. The first kappa shape index (κ1) is 14.9. The second kappa shape index (κ2) is 5.34. The summed E-state index contributed by atoms with van der Waals surface area (Å²) in [6, 6.07) is 11.3. The molecule has 7 heteroatoms. The molecule has 0 fully saturated rings. The van der Waals surface area contributed by atoms with Gasteiger partial charge in [0.15, 0.2) is 0 Å². The number of pyridine rings is 1. The number of benzene rings is 1. The van der Waals surface area contributed by atoms with Crippen LogP contribution in [-0.2, 0) is 0 Å². The summed E-state index contributed by atoms with van der Waals surface area (Å²) in [5.74, 6) is -1.50. The van der Waals surface area contributed by atoms with E-state index < -0.39 is 11.2 Å². The normalized spacial score (nSPS) is 11.8. The lowest BCUT2D eigenvalue weighted by Gasteiger charge is -2.08. The number of imidazole rings is 1. The molecule has 112 valence electrons. The van der Waals surface area contributed by atoms with Crippen LogP contribution in [-0.4, -0.2) is 20.5 Å². The maximum absolute atomic E-state index is 13.3. The topological polar surface area (TPSA) is 34.4 Å². The first-order valence-electron chi connectivity index (χ1n) is 6.22. The summed E-state index contributed by atoms with van der Waals surface area (Å²) in [5, 5.41) is -3.52. The summed E-state index contributed by atoms with van der Waals surface area (Å²) >= 11 is 10.7. The molecule has 0 N–H and O–H groups in total. The van der Waals surface area contributed by atoms with Crippen molar-refractivity contribution in [2.45, 2.75) is 5.38 Å². The van der Waals surface area contributed by atoms with E-state index in [0.29, 0.717) is 16.2 Å². The van der Waals surface area contributed by atoms with E-state index >= 15 is 0 Å². The molecule has 3 nitrogen and oxygen atoms in total. The fraction of sp³-hybridized carbons (Fsp3) is 0.0667. The number of Topliss-reactive ketones (excluding diaryl/α,β-unsaturated/α-hetero) is 1. The highest BCUT2D eigenvalue weighted by Crippen LogP contribution is 2.32. The van der Waals surface area contributed by atoms with Crippen molar-refractivity contribution in [1.82, 2.24) is 9.38 Å². The first-order chi connectivity index (χ1) is 10.4. The van der Waals surface area contributed by atoms with Crippen molar-refractivity contribution in [2.75, 3.05) is 0 Å². The Hall–Kier alpha value is -1.98. The minimum absolute atomic E-state index is 0.133. The molecule has 2 aromatic heterocycles. The Kier molecular flexibility index (Phi) is 3.62. The standard InChI is InChI=1S/C15H8Cl2F2N2O/c16-10-6-4-9(5-7-10)12-13(14(22)15(17,18)19)21-8-2-1-3-11(21)20-12/h1-8H. The van der Waals surface area contributed by atoms with Crippen LogP contribution in [0.2, 0.25) is 5.02 Å². The summed E-state index contributed by atoms with van der Waals surface area (Å²) < 4.78 is 27.9. The number of fused-ring (bicyclic) bond motifs is 1. The number of ketones is 1. The molecular weight excluding hydrogens is 333 g/mol. The highest BCUT2D eigenvalue weighted by Gasteiger charge is 2.40. The lowest BCUT2D eigenvalue weighted by atomic mass is 10.1. The SMILES string of the molecule is O=C(c1c(-c2ccc(Cl)cc2)nc2ccccn12)C(F)(F)Cl. The number of nitrogens with zero attached hydrogens (tertiary/aromatic N) is 2. The monoisotopic (exact) mass is 340 g/mol. The van der Waals surface area contributed by atoms with Gasteiger partial charge in [0, 0.05) is 16.8 Å². The molecule has 0 saturated carbocycles. The van der Waals surface area contributed by atoms with Gasteiger partial charge in [0.25, 0.3) is 5.78 Å². The largest absolute Gasteiger partial charge is 0.386 e. The van der Waals surface area contributed by atoms with Crippen molar-refractivity contribution >= 4 is 34.6 Å². The van der Waals surface area contributed by atoms with Gasteiger partial charge in [0.1, 0.15) is 17.0 Å². The molecule has 22 heavy (non-hydrogen) atoms. The molecule has 3 rings (SSSR count). The Balaban J connectivity index is 2.30. The predicted molar refractivity (Wildman–Crippen MR) is 80.8 cm³/mol. The number of hydrogen-bond donors (Lipinski definition) is 0. The minimum Gasteiger partial charge on any atom is -0.296 e. The van der Waals surface area contributed by atoms with E-state index in [0.717, 1.165) is 0 Å². The number of rotatable bonds is 3. The van der Waals surface area contributed by atoms with Crippen LogP contribution in [0.15, 0.2) is 48.7 Å². The Bertz CT molecular complexity index is 854. The lowest BCUT2D eigenvalue weighted by molar-refractivity contribution is 0.0530. The Morgan fingerprint density at radius 3 is 2.45 bits per heavy atom. The number of aromatic nitrogens is 2. The Labute approximate surface area is 134 Å². The van der Waals surface area contributed by atoms with E-state index in [1.165, 1.54) is 10.6 Å². The van der Waals surface area contributed by atoms with Gasteiger partial charge in [-0.25, -0.2) is 4.98 Å². The predicted octanol–water partition coefficient (Wildman–Crippen LogP) is 4.67. The van der Waals surface area contributed by atoms with Crippen LogP contribution in [0.4, 0.5) is 8.78 Å². The zero-order valence-electron chi connectivity index (χ0n) is 10.9. The van der Waals surface area contributed by atoms with Gasteiger partial charge in [-0.15, -0.1) is 0 Å². The molecule has 0 bridgehead atoms. The molecule has 0 saturated heterocycles. The molecule has 0 aliphatic carbocycles. The third-order valence-electron chi connectivity index (χ3n) is 3.12. The molecule has 2 heterocycles. The highest BCUT2D eigenvalue weighted by molar-refractivity contribution is 6.35. The van der Waals surface area contributed by atoms with E-state index in [1.54, 1.807) is 42.5 Å². The van der Waals surface area contributed by atoms with Crippen LogP contribution in [0.5, 0.6) is 0 Å². The van der Waals surface area contributed by atoms with E-state index in [1.807, 2.05) is 0 Å². The summed E-state index contributed by atoms with van der Waals surface area (Å²) in [4.78, 5) is 16.3. The fourth-order valence-corrected chi connectivity index (χ4v) is 2.37. The van der Waals surface area contributed by atoms with Gasteiger partial charge in [-0.1, -0.05) is 29.8 Å². The van der Waals surface area contributed by atoms with E-state index in [4.69, 9.17) is 23.2 Å². The number of carbonyl (C=O) groups is 1. The molecule has 0 amide bonds. The van der Waals surface area contributed by atoms with Crippen LogP contribution in [0.1, 0.15) is 10.5 Å². The van der Waals surface area contributed by atoms with E-state index in [-0.39, 0.29) is 11.4 Å². The van der Waals surface area contributed by atoms with Crippen LogP contribution >= 0.6 is 23.2 Å². The van der Waals surface area contributed by atoms with Crippen LogP contribution < -0.4 is 0 Å². The summed E-state index contributed by atoms with van der Waals surface area (Å²) in [7, 11) is 0. The second-order valence-corrected chi connectivity index (χ2v) is 5.48. The van der Waals surface area contributed by atoms with Crippen LogP contribution in [0.3, 0.4) is 0 Å². The van der Waals surface area contributed by atoms with Gasteiger partial charge in [-0.2, -0.15) is 8.78 Å². The Morgan fingerprint density at radius 2 is 1.82 bits per heavy atom. The minimum atomic E-state index is -4.01. The van der Waals surface area contributed by atoms with Crippen molar-refractivity contribution < 1.29 is 13.6 Å². The first-order valence-corrected chi connectivity index (χ1v) is 6.98. The van der Waals surface area contributed by atoms with Gasteiger partial charge < -0.3 is 0 Å². The highest BCUT2D eigenvalue weighted by atomic mass is 35.5. The maximum atomic E-state index is 13.3. The van der Waals surface area contributed by atoms with Crippen molar-refractivity contribution in [3.63, 3.8) is 0 Å². The molecule has 0 atom stereocenters. The Morgan fingerprint density at radius 1 is 1.14 bits per heavy atom. The summed E-state index contributed by atoms with van der Waals surface area (Å²) in [6.07, 6.45) is 1.48. The third kappa shape index (κ3) is 2.58. The van der Waals surface area contributed by atoms with E-state index in [9.17, 15) is 13.6 Å². The quantitative estimate of drug-likeness (QED) is 0.513. The average Bonchev–Trinajstić information content (AvgIpc) is 2.85. The molecule has 0 aliphatic heterocycles. The molecule has 1 aromatic carbocycles. The van der Waals surface area contributed by atoms with Crippen molar-refractivity contribution in [1.29, 1.82) is 0 Å². The summed E-state index contributed by atoms with van der Waals surface area (Å²) in [6.45, 7) is 0. The number of halogens is 4. The van der Waals surface area contributed by atoms with Gasteiger partial charge in [0.05, 0.1) is 0 Å². The zero-order chi connectivity index (χ0) is 15.9. The average molecular weight is 341 g/mol. The molecule has 0 spiro atoms. The smallest absolute Gasteiger partial charge is 0.296 e. The number of hydrogen-bond acceptors (Lipinski definition) is 2. The molecular formula is C15H8Cl2F2N2O. The van der Waals surface area contributed by atoms with Gasteiger partial charge in [0.2, 0.25) is 0 Å². The van der Waals surface area contributed by atoms with Crippen LogP contribution in [0.25, 0.3) is 16.9 Å². The van der Waals surface area contributed by atoms with E-state index in [2.05, 4.69) is 4.98 Å². The number of alkyl halides is 3. The molecule has 0 radical (unpaired) electrons.